The van der Waals surface area contributed by atoms with E-state index >= 15 is 0 Å². The minimum atomic E-state index is -3.82. The molecular formula is C14H15F3N2O2. The van der Waals surface area contributed by atoms with Gasteiger partial charge in [0, 0.05) is 18.9 Å². The Balaban J connectivity index is 2.15. The van der Waals surface area contributed by atoms with Gasteiger partial charge in [-0.05, 0) is 17.7 Å². The van der Waals surface area contributed by atoms with E-state index in [0.717, 1.165) is 5.56 Å². The summed E-state index contributed by atoms with van der Waals surface area (Å²) in [4.78, 5) is 0. The highest BCUT2D eigenvalue weighted by Gasteiger charge is 2.31. The van der Waals surface area contributed by atoms with Gasteiger partial charge in [-0.3, -0.25) is 4.68 Å². The first-order valence-electron chi connectivity index (χ1n) is 6.29. The molecule has 114 valence electrons. The lowest BCUT2D eigenvalue weighted by atomic mass is 10.1. The second-order valence-corrected chi connectivity index (χ2v) is 4.39. The Morgan fingerprint density at radius 3 is 2.81 bits per heavy atom. The highest BCUT2D eigenvalue weighted by atomic mass is 19.3. The fraction of sp³-hybridized carbons (Fsp3) is 0.357. The standard InChI is InChI=1S/C14H15F3N2O2/c1-20-6-5-19-9-12(8-18-19)11-3-2-4-13(7-11)21-14(16,17)10-15/h2-4,7-9H,5-6,10H2,1H3. The molecule has 2 aromatic rings. The van der Waals surface area contributed by atoms with Crippen LogP contribution in [0.5, 0.6) is 5.75 Å². The Morgan fingerprint density at radius 2 is 2.10 bits per heavy atom. The average molecular weight is 300 g/mol. The zero-order valence-electron chi connectivity index (χ0n) is 11.4. The van der Waals surface area contributed by atoms with Crippen LogP contribution < -0.4 is 4.74 Å². The predicted octanol–water partition coefficient (Wildman–Crippen LogP) is 3.14. The van der Waals surface area contributed by atoms with Gasteiger partial charge in [-0.1, -0.05) is 12.1 Å². The Morgan fingerprint density at radius 1 is 1.29 bits per heavy atom. The minimum absolute atomic E-state index is 0.0974. The molecule has 4 nitrogen and oxygen atoms in total. The maximum absolute atomic E-state index is 12.9. The quantitative estimate of drug-likeness (QED) is 0.788. The van der Waals surface area contributed by atoms with E-state index in [1.165, 1.54) is 12.1 Å². The normalized spacial score (nSPS) is 11.6. The van der Waals surface area contributed by atoms with Crippen LogP contribution in [0.3, 0.4) is 0 Å². The molecule has 0 fully saturated rings. The number of halogens is 3. The summed E-state index contributed by atoms with van der Waals surface area (Å²) in [7, 11) is 1.59. The molecule has 0 amide bonds. The molecule has 0 aliphatic rings. The van der Waals surface area contributed by atoms with Crippen LogP contribution in [0.1, 0.15) is 0 Å². The lowest BCUT2D eigenvalue weighted by Crippen LogP contribution is -2.26. The van der Waals surface area contributed by atoms with Crippen LogP contribution >= 0.6 is 0 Å². The van der Waals surface area contributed by atoms with Gasteiger partial charge in [-0.25, -0.2) is 4.39 Å². The summed E-state index contributed by atoms with van der Waals surface area (Å²) in [6.07, 6.45) is -0.436. The molecule has 0 atom stereocenters. The van der Waals surface area contributed by atoms with Gasteiger partial charge in [-0.15, -0.1) is 0 Å². The van der Waals surface area contributed by atoms with Crippen molar-refractivity contribution in [1.82, 2.24) is 9.78 Å². The van der Waals surface area contributed by atoms with E-state index in [9.17, 15) is 13.2 Å². The molecule has 21 heavy (non-hydrogen) atoms. The molecule has 0 unspecified atom stereocenters. The van der Waals surface area contributed by atoms with Gasteiger partial charge in [0.1, 0.15) is 5.75 Å². The Labute approximate surface area is 120 Å². The Kier molecular flexibility index (Phi) is 4.85. The van der Waals surface area contributed by atoms with Crippen molar-refractivity contribution in [2.24, 2.45) is 0 Å². The summed E-state index contributed by atoms with van der Waals surface area (Å²) >= 11 is 0. The van der Waals surface area contributed by atoms with Crippen molar-refractivity contribution in [3.8, 4) is 16.9 Å². The van der Waals surface area contributed by atoms with E-state index in [4.69, 9.17) is 4.74 Å². The summed E-state index contributed by atoms with van der Waals surface area (Å²) in [5.74, 6) is -0.0974. The van der Waals surface area contributed by atoms with Crippen molar-refractivity contribution in [3.05, 3.63) is 36.7 Å². The fourth-order valence-electron chi connectivity index (χ4n) is 1.76. The molecule has 1 aromatic heterocycles. The van der Waals surface area contributed by atoms with E-state index < -0.39 is 12.8 Å². The van der Waals surface area contributed by atoms with E-state index in [1.807, 2.05) is 0 Å². The van der Waals surface area contributed by atoms with Crippen LogP contribution in [-0.2, 0) is 11.3 Å². The molecule has 0 aliphatic carbocycles. The SMILES string of the molecule is COCCn1cc(-c2cccc(OC(F)(F)CF)c2)cn1. The third-order valence-corrected chi connectivity index (χ3v) is 2.75. The maximum Gasteiger partial charge on any atom is 0.427 e. The van der Waals surface area contributed by atoms with Gasteiger partial charge in [0.15, 0.2) is 6.67 Å². The average Bonchev–Trinajstić information content (AvgIpc) is 2.94. The molecule has 0 spiro atoms. The van der Waals surface area contributed by atoms with Crippen molar-refractivity contribution in [1.29, 1.82) is 0 Å². The molecule has 0 bridgehead atoms. The molecule has 1 aromatic carbocycles. The molecule has 0 N–H and O–H groups in total. The van der Waals surface area contributed by atoms with Crippen LogP contribution in [0.2, 0.25) is 0 Å². The molecule has 0 saturated carbocycles. The second kappa shape index (κ2) is 6.62. The highest BCUT2D eigenvalue weighted by molar-refractivity contribution is 5.63. The lowest BCUT2D eigenvalue weighted by Gasteiger charge is -2.14. The van der Waals surface area contributed by atoms with E-state index in [2.05, 4.69) is 9.84 Å². The molecule has 7 heteroatoms. The first-order valence-corrected chi connectivity index (χ1v) is 6.29. The van der Waals surface area contributed by atoms with Gasteiger partial charge < -0.3 is 9.47 Å². The monoisotopic (exact) mass is 300 g/mol. The van der Waals surface area contributed by atoms with Crippen molar-refractivity contribution >= 4 is 0 Å². The van der Waals surface area contributed by atoms with Gasteiger partial charge in [0.25, 0.3) is 0 Å². The van der Waals surface area contributed by atoms with Crippen LogP contribution in [0, 0.1) is 0 Å². The number of alkyl halides is 3. The van der Waals surface area contributed by atoms with E-state index in [0.29, 0.717) is 18.7 Å². The van der Waals surface area contributed by atoms with Crippen LogP contribution in [0.25, 0.3) is 11.1 Å². The summed E-state index contributed by atoms with van der Waals surface area (Å²) in [5, 5.41) is 4.14. The Hall–Kier alpha value is -2.02. The van der Waals surface area contributed by atoms with Crippen LogP contribution in [0.4, 0.5) is 13.2 Å². The predicted molar refractivity (Wildman–Crippen MR) is 71.1 cm³/mol. The molecular weight excluding hydrogens is 285 g/mol. The van der Waals surface area contributed by atoms with Gasteiger partial charge >= 0.3 is 6.11 Å². The number of ether oxygens (including phenoxy) is 2. The fourth-order valence-corrected chi connectivity index (χ4v) is 1.76. The number of benzene rings is 1. The molecule has 0 radical (unpaired) electrons. The zero-order chi connectivity index (χ0) is 15.3. The number of aromatic nitrogens is 2. The minimum Gasteiger partial charge on any atom is -0.431 e. The number of hydrogen-bond acceptors (Lipinski definition) is 3. The summed E-state index contributed by atoms with van der Waals surface area (Å²) in [6.45, 7) is -0.758. The van der Waals surface area contributed by atoms with Crippen molar-refractivity contribution < 1.29 is 22.6 Å². The Bertz CT molecular complexity index is 587. The second-order valence-electron chi connectivity index (χ2n) is 4.39. The van der Waals surface area contributed by atoms with Crippen LogP contribution in [-0.4, -0.2) is 36.3 Å². The van der Waals surface area contributed by atoms with Crippen molar-refractivity contribution in [3.63, 3.8) is 0 Å². The maximum atomic E-state index is 12.9. The molecule has 0 aliphatic heterocycles. The first-order chi connectivity index (χ1) is 10.0. The largest absolute Gasteiger partial charge is 0.431 e. The van der Waals surface area contributed by atoms with E-state index in [1.54, 1.807) is 36.3 Å². The lowest BCUT2D eigenvalue weighted by molar-refractivity contribution is -0.186. The van der Waals surface area contributed by atoms with Crippen molar-refractivity contribution in [2.75, 3.05) is 20.4 Å². The van der Waals surface area contributed by atoms with Crippen molar-refractivity contribution in [2.45, 2.75) is 12.7 Å². The number of methoxy groups -OCH3 is 1. The zero-order valence-corrected chi connectivity index (χ0v) is 11.4. The van der Waals surface area contributed by atoms with E-state index in [-0.39, 0.29) is 5.75 Å². The number of rotatable bonds is 7. The summed E-state index contributed by atoms with van der Waals surface area (Å²) in [6, 6.07) is 6.06. The third-order valence-electron chi connectivity index (χ3n) is 2.75. The molecule has 0 saturated heterocycles. The number of hydrogen-bond donors (Lipinski definition) is 0. The third kappa shape index (κ3) is 4.22. The first kappa shape index (κ1) is 15.4. The highest BCUT2D eigenvalue weighted by Crippen LogP contribution is 2.27. The summed E-state index contributed by atoms with van der Waals surface area (Å²) in [5.41, 5.74) is 1.41. The van der Waals surface area contributed by atoms with Crippen LogP contribution in [0.15, 0.2) is 36.7 Å². The van der Waals surface area contributed by atoms with Gasteiger partial charge in [0.2, 0.25) is 0 Å². The topological polar surface area (TPSA) is 36.3 Å². The number of nitrogens with zero attached hydrogens (tertiary/aromatic N) is 2. The van der Waals surface area contributed by atoms with Gasteiger partial charge in [-0.2, -0.15) is 13.9 Å². The molecule has 1 heterocycles. The molecule has 2 rings (SSSR count). The van der Waals surface area contributed by atoms with Gasteiger partial charge in [0.05, 0.1) is 19.3 Å². The smallest absolute Gasteiger partial charge is 0.427 e. The summed E-state index contributed by atoms with van der Waals surface area (Å²) < 4.78 is 48.8.